The minimum absolute atomic E-state index is 0.452. The zero-order valence-corrected chi connectivity index (χ0v) is 48.0. The van der Waals surface area contributed by atoms with Gasteiger partial charge in [-0.05, 0) is 231 Å². The second-order valence-electron chi connectivity index (χ2n) is 23.0. The smallest absolute Gasteiger partial charge is 0.309 e. The topological polar surface area (TPSA) is 33.6 Å². The number of hydrogen-bond donors (Lipinski definition) is 0. The molecule has 0 unspecified atom stereocenters. The molecule has 0 saturated carbocycles. The molecule has 0 fully saturated rings. The van der Waals surface area contributed by atoms with Crippen LogP contribution in [0.5, 0.6) is 0 Å². The number of fused-ring (bicyclic) bond motifs is 6. The number of nitriles is 1. The summed E-state index contributed by atoms with van der Waals surface area (Å²) in [5.41, 5.74) is 26.9. The van der Waals surface area contributed by atoms with E-state index in [0.717, 1.165) is 111 Å². The maximum absolute atomic E-state index is 14.7. The van der Waals surface area contributed by atoms with Gasteiger partial charge < -0.3 is 9.13 Å². The van der Waals surface area contributed by atoms with E-state index < -0.39 is 11.7 Å². The molecule has 13 aromatic rings. The molecule has 0 aliphatic heterocycles. The first-order chi connectivity index (χ1) is 39.9. The van der Waals surface area contributed by atoms with Crippen LogP contribution in [-0.2, 0) is 6.18 Å². The molecule has 0 spiro atoms. The van der Waals surface area contributed by atoms with E-state index in [1.165, 1.54) is 56.6 Å². The number of halogens is 3. The van der Waals surface area contributed by atoms with E-state index in [9.17, 15) is 18.4 Å². The molecule has 0 radical (unpaired) electrons. The van der Waals surface area contributed by atoms with Gasteiger partial charge in [0, 0.05) is 32.7 Å². The first kappa shape index (κ1) is 52.7. The number of alkyl halides is 3. The zero-order chi connectivity index (χ0) is 57.7. The van der Waals surface area contributed by atoms with Crippen molar-refractivity contribution in [3.63, 3.8) is 0 Å². The van der Waals surface area contributed by atoms with Crippen LogP contribution < -0.4 is 0 Å². The molecule has 0 amide bonds. The summed E-state index contributed by atoms with van der Waals surface area (Å²) in [5.74, 6) is 0. The summed E-state index contributed by atoms with van der Waals surface area (Å²) < 4.78 is 48.8. The second-order valence-corrected chi connectivity index (χ2v) is 23.0. The van der Waals surface area contributed by atoms with Gasteiger partial charge in [-0.25, -0.2) is 0 Å². The molecule has 2 heterocycles. The number of hydrogen-bond acceptors (Lipinski definition) is 1. The summed E-state index contributed by atoms with van der Waals surface area (Å²) in [6, 6.07) is 71.8. The van der Waals surface area contributed by atoms with E-state index in [0.29, 0.717) is 22.3 Å². The van der Waals surface area contributed by atoms with Crippen LogP contribution in [0.25, 0.3) is 122 Å². The fraction of sp³-hybridized carbons (Fsp3) is 0.130. The molecule has 0 N–H and O–H groups in total. The molecule has 83 heavy (non-hydrogen) atoms. The summed E-state index contributed by atoms with van der Waals surface area (Å²) >= 11 is 0. The Morgan fingerprint density at radius 3 is 1.05 bits per heavy atom. The minimum Gasteiger partial charge on any atom is -0.309 e. The van der Waals surface area contributed by atoms with Crippen LogP contribution in [0.2, 0.25) is 0 Å². The van der Waals surface area contributed by atoms with Crippen molar-refractivity contribution in [2.45, 2.75) is 68.5 Å². The van der Waals surface area contributed by atoms with Crippen molar-refractivity contribution in [2.24, 2.45) is 0 Å². The third-order valence-corrected chi connectivity index (χ3v) is 16.9. The predicted molar refractivity (Wildman–Crippen MR) is 340 cm³/mol. The molecule has 0 bridgehead atoms. The van der Waals surface area contributed by atoms with Gasteiger partial charge in [0.2, 0.25) is 0 Å². The lowest BCUT2D eigenvalue weighted by Crippen LogP contribution is -2.05. The molecule has 0 aliphatic rings. The van der Waals surface area contributed by atoms with Crippen molar-refractivity contribution in [2.75, 3.05) is 0 Å². The molecule has 0 atom stereocenters. The lowest BCUT2D eigenvalue weighted by Gasteiger charge is -2.20. The fourth-order valence-electron chi connectivity index (χ4n) is 13.0. The van der Waals surface area contributed by atoms with Gasteiger partial charge in [0.1, 0.15) is 0 Å². The number of aromatic nitrogens is 2. The quantitative estimate of drug-likeness (QED) is 0.149. The number of aryl methyl sites for hydroxylation is 9. The van der Waals surface area contributed by atoms with E-state index in [1.54, 1.807) is 6.92 Å². The molecular weight excluding hydrogens is 1020 g/mol. The van der Waals surface area contributed by atoms with Gasteiger partial charge in [-0.1, -0.05) is 138 Å². The van der Waals surface area contributed by atoms with Crippen LogP contribution in [0, 0.1) is 73.6 Å². The Balaban J connectivity index is 1.13. The first-order valence-electron chi connectivity index (χ1n) is 28.2. The van der Waals surface area contributed by atoms with Gasteiger partial charge in [0.25, 0.3) is 0 Å². The minimum atomic E-state index is -4.55. The average Bonchev–Trinajstić information content (AvgIpc) is 2.68. The fourth-order valence-corrected chi connectivity index (χ4v) is 13.0. The van der Waals surface area contributed by atoms with Crippen LogP contribution in [0.4, 0.5) is 13.2 Å². The molecule has 11 aromatic carbocycles. The van der Waals surface area contributed by atoms with Crippen molar-refractivity contribution >= 4 is 43.6 Å². The Kier molecular flexibility index (Phi) is 12.7. The SMILES string of the molecule is Cc1cc(-c2ccc(-n3c4ccc(-c5ccc(C)cc5C)cc4c4cc(-c5ccc(C)cc5C)ccc43)c(-c3ccc(C#N)cc3-n3c4ccc(-c5ccc(C)cc5C)cc4c4cc(-c5ccc(C)cc5C)ccc43)c2)cc(C(F)(F)F)c1. The van der Waals surface area contributed by atoms with Crippen molar-refractivity contribution in [3.8, 4) is 84.2 Å². The van der Waals surface area contributed by atoms with Gasteiger partial charge in [-0.2, -0.15) is 18.4 Å². The Morgan fingerprint density at radius 2 is 0.675 bits per heavy atom. The molecule has 3 nitrogen and oxygen atoms in total. The lowest BCUT2D eigenvalue weighted by molar-refractivity contribution is -0.137. The van der Waals surface area contributed by atoms with Crippen molar-refractivity contribution in [1.29, 1.82) is 5.26 Å². The zero-order valence-electron chi connectivity index (χ0n) is 48.0. The van der Waals surface area contributed by atoms with E-state index in [4.69, 9.17) is 0 Å². The summed E-state index contributed by atoms with van der Waals surface area (Å²) in [5, 5.41) is 15.1. The molecule has 13 rings (SSSR count). The third-order valence-electron chi connectivity index (χ3n) is 16.9. The van der Waals surface area contributed by atoms with E-state index in [2.05, 4.69) is 222 Å². The molecule has 404 valence electrons. The van der Waals surface area contributed by atoms with Gasteiger partial charge in [0.05, 0.1) is 50.6 Å². The largest absolute Gasteiger partial charge is 0.416 e. The highest BCUT2D eigenvalue weighted by Gasteiger charge is 2.31. The third kappa shape index (κ3) is 9.27. The molecular formula is C77H60F3N3. The lowest BCUT2D eigenvalue weighted by atomic mass is 9.93. The summed E-state index contributed by atoms with van der Waals surface area (Å²) in [6.45, 7) is 18.8. The highest BCUT2D eigenvalue weighted by Crippen LogP contribution is 2.46. The molecule has 2 aromatic heterocycles. The highest BCUT2D eigenvalue weighted by atomic mass is 19.4. The number of benzene rings is 11. The van der Waals surface area contributed by atoms with Crippen molar-refractivity contribution < 1.29 is 13.2 Å². The highest BCUT2D eigenvalue weighted by molar-refractivity contribution is 6.14. The Bertz CT molecular complexity index is 4680. The second kappa shape index (κ2) is 20.1. The van der Waals surface area contributed by atoms with E-state index in [-0.39, 0.29) is 0 Å². The standard InChI is InChI=1S/C77H60F3N3/c1-44-10-20-61(49(6)30-44)55-16-26-72-67(39-55)68-40-56(62-21-11-45(2)31-50(62)7)17-27-73(68)82(72)71-25-15-54(59-34-48(5)35-60(37-59)77(78,79)80)38-66(71)65-24-14-53(43-81)36-76(65)83-74-28-18-57(63-22-12-46(3)32-51(63)8)41-69(74)70-42-58(19-29-75(70)83)64-23-13-47(4)33-52(64)9/h10-42H,1-9H3. The Morgan fingerprint density at radius 1 is 0.301 bits per heavy atom. The molecule has 0 saturated heterocycles. The Labute approximate surface area is 482 Å². The summed E-state index contributed by atoms with van der Waals surface area (Å²) in [4.78, 5) is 0. The first-order valence-corrected chi connectivity index (χ1v) is 28.2. The monoisotopic (exact) mass is 1080 g/mol. The van der Waals surface area contributed by atoms with Crippen LogP contribution in [0.3, 0.4) is 0 Å². The summed E-state index contributed by atoms with van der Waals surface area (Å²) in [7, 11) is 0. The normalized spacial score (nSPS) is 11.8. The van der Waals surface area contributed by atoms with Crippen molar-refractivity contribution in [1.82, 2.24) is 9.13 Å². The number of nitrogens with zero attached hydrogens (tertiary/aromatic N) is 3. The Hall–Kier alpha value is -9.70. The summed E-state index contributed by atoms with van der Waals surface area (Å²) in [6.07, 6.45) is -4.55. The van der Waals surface area contributed by atoms with Gasteiger partial charge in [-0.15, -0.1) is 0 Å². The van der Waals surface area contributed by atoms with E-state index >= 15 is 0 Å². The van der Waals surface area contributed by atoms with Gasteiger partial charge in [0.15, 0.2) is 0 Å². The van der Waals surface area contributed by atoms with Crippen LogP contribution in [0.15, 0.2) is 200 Å². The maximum Gasteiger partial charge on any atom is 0.416 e. The predicted octanol–water partition coefficient (Wildman–Crippen LogP) is 21.5. The van der Waals surface area contributed by atoms with Crippen LogP contribution >= 0.6 is 0 Å². The van der Waals surface area contributed by atoms with Gasteiger partial charge in [-0.3, -0.25) is 0 Å². The van der Waals surface area contributed by atoms with Gasteiger partial charge >= 0.3 is 6.18 Å². The average molecular weight is 1080 g/mol. The van der Waals surface area contributed by atoms with Crippen LogP contribution in [-0.4, -0.2) is 9.13 Å². The van der Waals surface area contributed by atoms with Crippen molar-refractivity contribution in [3.05, 3.63) is 261 Å². The van der Waals surface area contributed by atoms with Crippen LogP contribution in [0.1, 0.15) is 61.2 Å². The maximum atomic E-state index is 14.7. The molecule has 6 heteroatoms. The van der Waals surface area contributed by atoms with E-state index in [1.807, 2.05) is 36.4 Å². The number of rotatable bonds is 8. The molecule has 0 aliphatic carbocycles.